The van der Waals surface area contributed by atoms with Gasteiger partial charge < -0.3 is 19.5 Å². The maximum absolute atomic E-state index is 13.0. The van der Waals surface area contributed by atoms with Crippen LogP contribution in [0.1, 0.15) is 43.7 Å². The van der Waals surface area contributed by atoms with Gasteiger partial charge in [0.2, 0.25) is 5.91 Å². The van der Waals surface area contributed by atoms with E-state index in [1.165, 1.54) is 0 Å². The Balaban J connectivity index is 0.00000280. The number of piperidine rings is 1. The monoisotopic (exact) mass is 412 g/mol. The molecule has 0 bridgehead atoms. The molecule has 1 aromatic rings. The second-order valence-corrected chi connectivity index (χ2v) is 7.18. The van der Waals surface area contributed by atoms with Crippen molar-refractivity contribution in [2.45, 2.75) is 44.2 Å². The Hall–Kier alpha value is -1.99. The second kappa shape index (κ2) is 9.98. The van der Waals surface area contributed by atoms with Crippen molar-refractivity contribution >= 4 is 24.3 Å². The van der Waals surface area contributed by atoms with Gasteiger partial charge in [0.25, 0.3) is 0 Å². The maximum atomic E-state index is 13.0. The van der Waals surface area contributed by atoms with Crippen LogP contribution in [0.3, 0.4) is 0 Å². The average Bonchev–Trinajstić information content (AvgIpc) is 3.17. The van der Waals surface area contributed by atoms with Crippen LogP contribution in [-0.2, 0) is 9.59 Å². The highest BCUT2D eigenvalue weighted by molar-refractivity contribution is 5.85. The number of amides is 1. The first-order valence-electron chi connectivity index (χ1n) is 9.53. The van der Waals surface area contributed by atoms with Crippen LogP contribution in [0.4, 0.5) is 0 Å². The number of ether oxygens (including phenoxy) is 2. The van der Waals surface area contributed by atoms with Crippen LogP contribution in [0.15, 0.2) is 18.2 Å². The molecule has 2 fully saturated rings. The Morgan fingerprint density at radius 2 is 1.82 bits per heavy atom. The molecule has 2 aliphatic rings. The molecule has 2 atom stereocenters. The van der Waals surface area contributed by atoms with E-state index < -0.39 is 12.0 Å². The Morgan fingerprint density at radius 3 is 2.50 bits per heavy atom. The third-order valence-corrected chi connectivity index (χ3v) is 5.60. The number of halogens is 1. The number of rotatable bonds is 6. The number of hydrogen-bond acceptors (Lipinski definition) is 5. The molecule has 0 aliphatic carbocycles. The number of nitrogens with zero attached hydrogens (tertiary/aromatic N) is 2. The van der Waals surface area contributed by atoms with Crippen LogP contribution in [0.25, 0.3) is 0 Å². The lowest BCUT2D eigenvalue weighted by molar-refractivity contribution is -0.146. The number of hydrogen-bond donors (Lipinski definition) is 1. The van der Waals surface area contributed by atoms with E-state index in [1.807, 2.05) is 28.0 Å². The van der Waals surface area contributed by atoms with Gasteiger partial charge >= 0.3 is 5.97 Å². The molecule has 0 spiro atoms. The molecule has 1 N–H and O–H groups in total. The molecular formula is C20H29ClN2O5. The summed E-state index contributed by atoms with van der Waals surface area (Å²) in [7, 11) is 3.20. The summed E-state index contributed by atoms with van der Waals surface area (Å²) in [6.45, 7) is 1.53. The Bertz CT molecular complexity index is 699. The summed E-state index contributed by atoms with van der Waals surface area (Å²) in [5.41, 5.74) is 1.02. The quantitative estimate of drug-likeness (QED) is 0.773. The highest BCUT2D eigenvalue weighted by Crippen LogP contribution is 2.37. The molecule has 1 aromatic carbocycles. The van der Waals surface area contributed by atoms with E-state index in [9.17, 15) is 14.7 Å². The number of methoxy groups -OCH3 is 2. The van der Waals surface area contributed by atoms with Gasteiger partial charge in [0.15, 0.2) is 11.5 Å². The van der Waals surface area contributed by atoms with Crippen LogP contribution in [-0.4, -0.2) is 66.7 Å². The Kier molecular flexibility index (Phi) is 7.95. The smallest absolute Gasteiger partial charge is 0.320 e. The zero-order valence-corrected chi connectivity index (χ0v) is 17.2. The van der Waals surface area contributed by atoms with Crippen LogP contribution < -0.4 is 9.47 Å². The number of aliphatic carboxylic acids is 1. The number of carboxylic acids is 1. The second-order valence-electron chi connectivity index (χ2n) is 7.18. The standard InChI is InChI=1S/C20H28N2O5.ClH/c1-26-17-9-8-14(12-18(17)27-2)15-7-5-11-22(15)19(23)13-21-10-4-3-6-16(21)20(24)25;/h8-9,12,15-16H,3-7,10-11,13H2,1-2H3,(H,24,25);1H. The van der Waals surface area contributed by atoms with Crippen molar-refractivity contribution in [3.8, 4) is 11.5 Å². The number of carbonyl (C=O) groups excluding carboxylic acids is 1. The van der Waals surface area contributed by atoms with E-state index in [0.717, 1.165) is 31.2 Å². The highest BCUT2D eigenvalue weighted by atomic mass is 35.5. The van der Waals surface area contributed by atoms with Crippen molar-refractivity contribution < 1.29 is 24.2 Å². The number of carbonyl (C=O) groups is 2. The predicted molar refractivity (Wildman–Crippen MR) is 107 cm³/mol. The van der Waals surface area contributed by atoms with Crippen LogP contribution in [0, 0.1) is 0 Å². The SMILES string of the molecule is COc1ccc(C2CCCN2C(=O)CN2CCCCC2C(=O)O)cc1OC.Cl. The van der Waals surface area contributed by atoms with E-state index in [0.29, 0.717) is 31.0 Å². The van der Waals surface area contributed by atoms with E-state index in [-0.39, 0.29) is 30.9 Å². The fourth-order valence-corrected chi connectivity index (χ4v) is 4.20. The minimum Gasteiger partial charge on any atom is -0.493 e. The van der Waals surface area contributed by atoms with Crippen LogP contribution >= 0.6 is 12.4 Å². The van der Waals surface area contributed by atoms with Gasteiger partial charge in [-0.2, -0.15) is 0 Å². The molecule has 28 heavy (non-hydrogen) atoms. The normalized spacial score (nSPS) is 22.4. The third-order valence-electron chi connectivity index (χ3n) is 5.60. The molecule has 1 amide bonds. The summed E-state index contributed by atoms with van der Waals surface area (Å²) in [6, 6.07) is 5.20. The molecule has 2 saturated heterocycles. The summed E-state index contributed by atoms with van der Waals surface area (Å²) >= 11 is 0. The summed E-state index contributed by atoms with van der Waals surface area (Å²) < 4.78 is 10.7. The van der Waals surface area contributed by atoms with Crippen molar-refractivity contribution in [3.63, 3.8) is 0 Å². The zero-order chi connectivity index (χ0) is 19.4. The van der Waals surface area contributed by atoms with Crippen molar-refractivity contribution in [3.05, 3.63) is 23.8 Å². The van der Waals surface area contributed by atoms with Crippen LogP contribution in [0.2, 0.25) is 0 Å². The first-order valence-corrected chi connectivity index (χ1v) is 9.53. The van der Waals surface area contributed by atoms with Gasteiger partial charge in [-0.1, -0.05) is 12.5 Å². The van der Waals surface area contributed by atoms with Crippen molar-refractivity contribution in [2.75, 3.05) is 33.9 Å². The molecular weight excluding hydrogens is 384 g/mol. The molecule has 2 aliphatic heterocycles. The van der Waals surface area contributed by atoms with E-state index >= 15 is 0 Å². The average molecular weight is 413 g/mol. The van der Waals surface area contributed by atoms with Gasteiger partial charge in [-0.3, -0.25) is 14.5 Å². The fourth-order valence-electron chi connectivity index (χ4n) is 4.20. The lowest BCUT2D eigenvalue weighted by Crippen LogP contribution is -2.49. The van der Waals surface area contributed by atoms with Gasteiger partial charge in [-0.25, -0.2) is 0 Å². The van der Waals surface area contributed by atoms with Crippen LogP contribution in [0.5, 0.6) is 11.5 Å². The largest absolute Gasteiger partial charge is 0.493 e. The Labute approximate surface area is 172 Å². The topological polar surface area (TPSA) is 79.3 Å². The minimum absolute atomic E-state index is 0. The summed E-state index contributed by atoms with van der Waals surface area (Å²) in [5, 5.41) is 9.43. The predicted octanol–water partition coefficient (Wildman–Crippen LogP) is 2.73. The molecule has 3 rings (SSSR count). The molecule has 0 saturated carbocycles. The fraction of sp³-hybridized carbons (Fsp3) is 0.600. The van der Waals surface area contributed by atoms with Gasteiger partial charge in [0.1, 0.15) is 6.04 Å². The zero-order valence-electron chi connectivity index (χ0n) is 16.4. The molecule has 0 radical (unpaired) electrons. The summed E-state index contributed by atoms with van der Waals surface area (Å²) in [4.78, 5) is 28.2. The number of likely N-dealkylation sites (tertiary alicyclic amines) is 2. The third kappa shape index (κ3) is 4.70. The molecule has 8 heteroatoms. The molecule has 156 valence electrons. The van der Waals surface area contributed by atoms with E-state index in [4.69, 9.17) is 9.47 Å². The lowest BCUT2D eigenvalue weighted by Gasteiger charge is -2.34. The van der Waals surface area contributed by atoms with Gasteiger partial charge in [-0.15, -0.1) is 12.4 Å². The first-order chi connectivity index (χ1) is 13.0. The lowest BCUT2D eigenvalue weighted by atomic mass is 10.0. The van der Waals surface area contributed by atoms with E-state index in [2.05, 4.69) is 0 Å². The number of benzene rings is 1. The minimum atomic E-state index is -0.833. The van der Waals surface area contributed by atoms with E-state index in [1.54, 1.807) is 14.2 Å². The summed E-state index contributed by atoms with van der Waals surface area (Å²) in [6.07, 6.45) is 4.29. The highest BCUT2D eigenvalue weighted by Gasteiger charge is 2.35. The van der Waals surface area contributed by atoms with Gasteiger partial charge in [-0.05, 0) is 49.9 Å². The summed E-state index contributed by atoms with van der Waals surface area (Å²) in [5.74, 6) is 0.479. The number of carboxylic acid groups (broad SMARTS) is 1. The first kappa shape index (κ1) is 22.3. The van der Waals surface area contributed by atoms with Gasteiger partial charge in [0.05, 0.1) is 26.8 Å². The van der Waals surface area contributed by atoms with Crippen molar-refractivity contribution in [1.29, 1.82) is 0 Å². The molecule has 0 aromatic heterocycles. The Morgan fingerprint density at radius 1 is 1.07 bits per heavy atom. The van der Waals surface area contributed by atoms with Gasteiger partial charge in [0, 0.05) is 6.54 Å². The maximum Gasteiger partial charge on any atom is 0.320 e. The van der Waals surface area contributed by atoms with Crippen molar-refractivity contribution in [2.24, 2.45) is 0 Å². The molecule has 7 nitrogen and oxygen atoms in total. The molecule has 2 heterocycles. The van der Waals surface area contributed by atoms with Crippen molar-refractivity contribution in [1.82, 2.24) is 9.80 Å². The molecule has 2 unspecified atom stereocenters.